The Labute approximate surface area is 169 Å². The van der Waals surface area contributed by atoms with E-state index in [-0.39, 0.29) is 6.10 Å². The number of rotatable bonds is 7. The number of aryl methyl sites for hydroxylation is 1. The predicted octanol–water partition coefficient (Wildman–Crippen LogP) is 2.56. The first-order chi connectivity index (χ1) is 13.6. The summed E-state index contributed by atoms with van der Waals surface area (Å²) in [5, 5.41) is 6.91. The quantitative estimate of drug-likeness (QED) is 0.555. The highest BCUT2D eigenvalue weighted by Gasteiger charge is 2.19. The van der Waals surface area contributed by atoms with E-state index in [9.17, 15) is 0 Å². The van der Waals surface area contributed by atoms with Gasteiger partial charge in [-0.1, -0.05) is 12.1 Å². The molecule has 1 aromatic rings. The minimum Gasteiger partial charge on any atom is -0.488 e. The van der Waals surface area contributed by atoms with Crippen LogP contribution < -0.4 is 15.4 Å². The molecule has 0 amide bonds. The van der Waals surface area contributed by atoms with E-state index in [1.807, 2.05) is 0 Å². The Morgan fingerprint density at radius 2 is 2.07 bits per heavy atom. The van der Waals surface area contributed by atoms with Crippen LogP contribution in [0.2, 0.25) is 0 Å². The fourth-order valence-corrected chi connectivity index (χ4v) is 3.70. The summed E-state index contributed by atoms with van der Waals surface area (Å²) < 4.78 is 11.7. The van der Waals surface area contributed by atoms with Gasteiger partial charge < -0.3 is 25.0 Å². The van der Waals surface area contributed by atoms with Gasteiger partial charge in [0, 0.05) is 25.1 Å². The summed E-state index contributed by atoms with van der Waals surface area (Å²) in [4.78, 5) is 7.23. The molecule has 2 aliphatic heterocycles. The van der Waals surface area contributed by atoms with E-state index in [0.29, 0.717) is 13.2 Å². The Hall–Kier alpha value is -1.79. The molecule has 156 valence electrons. The molecule has 2 aliphatic rings. The van der Waals surface area contributed by atoms with E-state index in [1.165, 1.54) is 31.5 Å². The van der Waals surface area contributed by atoms with Gasteiger partial charge in [-0.25, -0.2) is 4.99 Å². The molecule has 0 aromatic heterocycles. The molecule has 6 nitrogen and oxygen atoms in total. The second-order valence-corrected chi connectivity index (χ2v) is 8.04. The lowest BCUT2D eigenvalue weighted by Crippen LogP contribution is -2.42. The molecule has 28 heavy (non-hydrogen) atoms. The number of aliphatic imine (C=N–C) groups is 1. The van der Waals surface area contributed by atoms with Crippen molar-refractivity contribution in [3.8, 4) is 5.75 Å². The zero-order valence-electron chi connectivity index (χ0n) is 17.7. The standard InChI is InChI=1S/C22H36N4O2/c1-4-23-22(24-14-18-7-10-26(3)11-8-18)25-15-19-6-5-17(2)13-21(19)28-20-9-12-27-16-20/h5-6,13,18,20H,4,7-12,14-16H2,1-3H3,(H2,23,24,25). The number of nitrogens with zero attached hydrogens (tertiary/aromatic N) is 2. The van der Waals surface area contributed by atoms with Crippen molar-refractivity contribution in [1.82, 2.24) is 15.5 Å². The number of hydrogen-bond acceptors (Lipinski definition) is 4. The van der Waals surface area contributed by atoms with Gasteiger partial charge in [-0.15, -0.1) is 0 Å². The van der Waals surface area contributed by atoms with Gasteiger partial charge in [-0.3, -0.25) is 0 Å². The van der Waals surface area contributed by atoms with Gasteiger partial charge in [0.05, 0.1) is 19.8 Å². The maximum absolute atomic E-state index is 6.21. The number of likely N-dealkylation sites (tertiary alicyclic amines) is 1. The summed E-state index contributed by atoms with van der Waals surface area (Å²) in [6.07, 6.45) is 3.61. The summed E-state index contributed by atoms with van der Waals surface area (Å²) in [5.74, 6) is 2.54. The lowest BCUT2D eigenvalue weighted by atomic mass is 9.97. The van der Waals surface area contributed by atoms with Crippen LogP contribution in [0.4, 0.5) is 0 Å². The van der Waals surface area contributed by atoms with Crippen LogP contribution in [-0.2, 0) is 11.3 Å². The minimum absolute atomic E-state index is 0.153. The van der Waals surface area contributed by atoms with Crippen molar-refractivity contribution in [2.24, 2.45) is 10.9 Å². The fraction of sp³-hybridized carbons (Fsp3) is 0.682. The number of guanidine groups is 1. The maximum Gasteiger partial charge on any atom is 0.191 e. The molecule has 0 bridgehead atoms. The minimum atomic E-state index is 0.153. The first-order valence-electron chi connectivity index (χ1n) is 10.7. The normalized spacial score (nSPS) is 21.7. The van der Waals surface area contributed by atoms with E-state index in [0.717, 1.165) is 49.3 Å². The number of benzene rings is 1. The van der Waals surface area contributed by atoms with Crippen LogP contribution in [0.15, 0.2) is 23.2 Å². The average Bonchev–Trinajstić information content (AvgIpc) is 3.19. The highest BCUT2D eigenvalue weighted by Crippen LogP contribution is 2.24. The highest BCUT2D eigenvalue weighted by molar-refractivity contribution is 5.79. The van der Waals surface area contributed by atoms with Crippen molar-refractivity contribution in [2.45, 2.75) is 45.8 Å². The Morgan fingerprint density at radius 1 is 1.25 bits per heavy atom. The molecule has 2 fully saturated rings. The SMILES string of the molecule is CCNC(=NCc1ccc(C)cc1OC1CCOC1)NCC1CCN(C)CC1. The van der Waals surface area contributed by atoms with Crippen LogP contribution in [0.5, 0.6) is 5.75 Å². The fourth-order valence-electron chi connectivity index (χ4n) is 3.70. The zero-order chi connectivity index (χ0) is 19.8. The molecule has 3 rings (SSSR count). The van der Waals surface area contributed by atoms with Gasteiger partial charge in [0.1, 0.15) is 11.9 Å². The molecule has 1 aromatic carbocycles. The number of piperidine rings is 1. The van der Waals surface area contributed by atoms with Crippen molar-refractivity contribution in [3.05, 3.63) is 29.3 Å². The first-order valence-corrected chi connectivity index (χ1v) is 10.7. The van der Waals surface area contributed by atoms with Crippen molar-refractivity contribution < 1.29 is 9.47 Å². The van der Waals surface area contributed by atoms with E-state index >= 15 is 0 Å². The smallest absolute Gasteiger partial charge is 0.191 e. The van der Waals surface area contributed by atoms with Gasteiger partial charge in [0.2, 0.25) is 0 Å². The molecule has 0 aliphatic carbocycles. The highest BCUT2D eigenvalue weighted by atomic mass is 16.5. The van der Waals surface area contributed by atoms with Crippen LogP contribution in [-0.4, -0.2) is 63.4 Å². The molecule has 2 heterocycles. The van der Waals surface area contributed by atoms with Crippen LogP contribution in [0, 0.1) is 12.8 Å². The van der Waals surface area contributed by atoms with Crippen molar-refractivity contribution >= 4 is 5.96 Å². The summed E-state index contributed by atoms with van der Waals surface area (Å²) in [7, 11) is 2.20. The molecule has 0 saturated carbocycles. The van der Waals surface area contributed by atoms with Crippen molar-refractivity contribution in [2.75, 3.05) is 46.4 Å². The Balaban J connectivity index is 1.60. The Bertz CT molecular complexity index is 635. The summed E-state index contributed by atoms with van der Waals surface area (Å²) >= 11 is 0. The van der Waals surface area contributed by atoms with Crippen molar-refractivity contribution in [1.29, 1.82) is 0 Å². The topological polar surface area (TPSA) is 58.1 Å². The van der Waals surface area contributed by atoms with Crippen LogP contribution in [0.25, 0.3) is 0 Å². The number of ether oxygens (including phenoxy) is 2. The second-order valence-electron chi connectivity index (χ2n) is 8.04. The first kappa shape index (κ1) is 20.9. The third-order valence-electron chi connectivity index (χ3n) is 5.55. The monoisotopic (exact) mass is 388 g/mol. The predicted molar refractivity (Wildman–Crippen MR) is 114 cm³/mol. The Kier molecular flexibility index (Phi) is 7.98. The molecule has 2 N–H and O–H groups in total. The molecule has 0 spiro atoms. The third-order valence-corrected chi connectivity index (χ3v) is 5.55. The maximum atomic E-state index is 6.21. The van der Waals surface area contributed by atoms with Gasteiger partial charge in [-0.05, 0) is 64.4 Å². The lowest BCUT2D eigenvalue weighted by Gasteiger charge is -2.29. The molecule has 1 atom stereocenters. The molecular weight excluding hydrogens is 352 g/mol. The molecule has 6 heteroatoms. The average molecular weight is 389 g/mol. The molecule has 1 unspecified atom stereocenters. The van der Waals surface area contributed by atoms with E-state index < -0.39 is 0 Å². The number of hydrogen-bond donors (Lipinski definition) is 2. The van der Waals surface area contributed by atoms with Crippen LogP contribution >= 0.6 is 0 Å². The molecule has 2 saturated heterocycles. The van der Waals surface area contributed by atoms with Gasteiger partial charge in [0.25, 0.3) is 0 Å². The molecule has 0 radical (unpaired) electrons. The van der Waals surface area contributed by atoms with Gasteiger partial charge >= 0.3 is 0 Å². The van der Waals surface area contributed by atoms with Gasteiger partial charge in [0.15, 0.2) is 5.96 Å². The van der Waals surface area contributed by atoms with Crippen molar-refractivity contribution in [3.63, 3.8) is 0 Å². The third kappa shape index (κ3) is 6.38. The van der Waals surface area contributed by atoms with E-state index in [2.05, 4.69) is 54.6 Å². The summed E-state index contributed by atoms with van der Waals surface area (Å²) in [6.45, 7) is 10.5. The van der Waals surface area contributed by atoms with Gasteiger partial charge in [-0.2, -0.15) is 0 Å². The van der Waals surface area contributed by atoms with Crippen LogP contribution in [0.3, 0.4) is 0 Å². The number of nitrogens with one attached hydrogen (secondary N) is 2. The lowest BCUT2D eigenvalue weighted by molar-refractivity contribution is 0.140. The zero-order valence-corrected chi connectivity index (χ0v) is 17.7. The van der Waals surface area contributed by atoms with E-state index in [1.54, 1.807) is 0 Å². The second kappa shape index (κ2) is 10.7. The molecular formula is C22H36N4O2. The van der Waals surface area contributed by atoms with Crippen LogP contribution in [0.1, 0.15) is 37.3 Å². The largest absolute Gasteiger partial charge is 0.488 e. The van der Waals surface area contributed by atoms with E-state index in [4.69, 9.17) is 14.5 Å². The summed E-state index contributed by atoms with van der Waals surface area (Å²) in [5.41, 5.74) is 2.32. The Morgan fingerprint density at radius 3 is 2.79 bits per heavy atom. The summed E-state index contributed by atoms with van der Waals surface area (Å²) in [6, 6.07) is 6.37.